The number of esters is 1. The van der Waals surface area contributed by atoms with E-state index in [0.717, 1.165) is 19.4 Å². The van der Waals surface area contributed by atoms with E-state index in [1.54, 1.807) is 0 Å². The highest BCUT2D eigenvalue weighted by Crippen LogP contribution is 2.17. The van der Waals surface area contributed by atoms with Gasteiger partial charge in [0.2, 0.25) is 0 Å². The first-order valence-electron chi connectivity index (χ1n) is 5.51. The van der Waals surface area contributed by atoms with Gasteiger partial charge in [0.1, 0.15) is 0 Å². The van der Waals surface area contributed by atoms with Crippen LogP contribution in [0.3, 0.4) is 0 Å². The molecule has 0 saturated carbocycles. The predicted octanol–water partition coefficient (Wildman–Crippen LogP) is 2.29. The van der Waals surface area contributed by atoms with Crippen LogP contribution < -0.4 is 0 Å². The summed E-state index contributed by atoms with van der Waals surface area (Å²) >= 11 is 0. The van der Waals surface area contributed by atoms with E-state index >= 15 is 0 Å². The lowest BCUT2D eigenvalue weighted by Gasteiger charge is -2.00. The highest BCUT2D eigenvalue weighted by molar-refractivity contribution is 5.68. The van der Waals surface area contributed by atoms with Crippen molar-refractivity contribution in [1.29, 1.82) is 0 Å². The number of ether oxygens (including phenoxy) is 2. The second-order valence-electron chi connectivity index (χ2n) is 3.84. The summed E-state index contributed by atoms with van der Waals surface area (Å²) < 4.78 is 9.68. The molecule has 3 heteroatoms. The molecule has 0 aliphatic carbocycles. The first-order valence-corrected chi connectivity index (χ1v) is 5.51. The van der Waals surface area contributed by atoms with Crippen LogP contribution in [-0.4, -0.2) is 25.8 Å². The van der Waals surface area contributed by atoms with Crippen LogP contribution in [0.25, 0.3) is 0 Å². The van der Waals surface area contributed by atoms with Crippen LogP contribution in [0.15, 0.2) is 0 Å². The van der Waals surface area contributed by atoms with E-state index in [9.17, 15) is 4.79 Å². The van der Waals surface area contributed by atoms with Crippen molar-refractivity contribution in [3.63, 3.8) is 0 Å². The molecule has 0 amide bonds. The molecule has 1 aliphatic rings. The highest BCUT2D eigenvalue weighted by atomic mass is 16.6. The molecule has 3 nitrogen and oxygen atoms in total. The van der Waals surface area contributed by atoms with Crippen molar-refractivity contribution in [1.82, 2.24) is 0 Å². The molecule has 0 bridgehead atoms. The molecule has 1 unspecified atom stereocenters. The molecular weight excluding hydrogens is 180 g/mol. The van der Waals surface area contributed by atoms with Gasteiger partial charge in [0, 0.05) is 6.42 Å². The number of epoxide rings is 1. The van der Waals surface area contributed by atoms with Crippen LogP contribution >= 0.6 is 0 Å². The zero-order chi connectivity index (χ0) is 10.2. The Morgan fingerprint density at radius 3 is 2.57 bits per heavy atom. The standard InChI is InChI=1S/C11H20O3/c1-13-11(12)8-6-4-2-3-5-7-10-9-14-10/h10H,2-9H2,1H3. The Kier molecular flexibility index (Phi) is 5.60. The third-order valence-electron chi connectivity index (χ3n) is 2.54. The lowest BCUT2D eigenvalue weighted by molar-refractivity contribution is -0.140. The molecule has 0 spiro atoms. The molecule has 0 radical (unpaired) electrons. The summed E-state index contributed by atoms with van der Waals surface area (Å²) in [7, 11) is 1.44. The van der Waals surface area contributed by atoms with E-state index in [1.807, 2.05) is 0 Å². The molecule has 0 aromatic rings. The van der Waals surface area contributed by atoms with E-state index in [-0.39, 0.29) is 5.97 Å². The van der Waals surface area contributed by atoms with Gasteiger partial charge in [-0.05, 0) is 12.8 Å². The van der Waals surface area contributed by atoms with Crippen LogP contribution in [0.1, 0.15) is 44.9 Å². The average molecular weight is 200 g/mol. The molecule has 14 heavy (non-hydrogen) atoms. The summed E-state index contributed by atoms with van der Waals surface area (Å²) in [5.74, 6) is -0.0867. The van der Waals surface area contributed by atoms with Crippen molar-refractivity contribution in [2.75, 3.05) is 13.7 Å². The predicted molar refractivity (Wildman–Crippen MR) is 54.1 cm³/mol. The molecule has 1 atom stereocenters. The Labute approximate surface area is 85.8 Å². The summed E-state index contributed by atoms with van der Waals surface area (Å²) in [6.45, 7) is 0.975. The van der Waals surface area contributed by atoms with Gasteiger partial charge in [-0.1, -0.05) is 25.7 Å². The Morgan fingerprint density at radius 1 is 1.29 bits per heavy atom. The zero-order valence-electron chi connectivity index (χ0n) is 8.96. The topological polar surface area (TPSA) is 38.8 Å². The molecule has 0 aromatic carbocycles. The van der Waals surface area contributed by atoms with Crippen LogP contribution in [0.4, 0.5) is 0 Å². The largest absolute Gasteiger partial charge is 0.469 e. The van der Waals surface area contributed by atoms with Gasteiger partial charge in [-0.15, -0.1) is 0 Å². The molecule has 0 N–H and O–H groups in total. The maximum absolute atomic E-state index is 10.8. The van der Waals surface area contributed by atoms with Gasteiger partial charge in [-0.3, -0.25) is 4.79 Å². The van der Waals surface area contributed by atoms with Crippen molar-refractivity contribution < 1.29 is 14.3 Å². The molecule has 1 fully saturated rings. The molecule has 1 heterocycles. The summed E-state index contributed by atoms with van der Waals surface area (Å²) in [6.07, 6.45) is 8.23. The van der Waals surface area contributed by atoms with Crippen molar-refractivity contribution in [3.8, 4) is 0 Å². The lowest BCUT2D eigenvalue weighted by Crippen LogP contribution is -1.99. The molecule has 82 valence electrons. The Morgan fingerprint density at radius 2 is 1.93 bits per heavy atom. The first kappa shape index (κ1) is 11.5. The smallest absolute Gasteiger partial charge is 0.305 e. The Bertz CT molecular complexity index is 164. The third-order valence-corrected chi connectivity index (χ3v) is 2.54. The second-order valence-corrected chi connectivity index (χ2v) is 3.84. The van der Waals surface area contributed by atoms with Gasteiger partial charge in [0.25, 0.3) is 0 Å². The minimum Gasteiger partial charge on any atom is -0.469 e. The van der Waals surface area contributed by atoms with E-state index in [2.05, 4.69) is 4.74 Å². The van der Waals surface area contributed by atoms with E-state index in [1.165, 1.54) is 32.8 Å². The van der Waals surface area contributed by atoms with Gasteiger partial charge in [0.15, 0.2) is 0 Å². The quantitative estimate of drug-likeness (QED) is 0.343. The van der Waals surface area contributed by atoms with Crippen LogP contribution in [0, 0.1) is 0 Å². The Balaban J connectivity index is 1.72. The number of carbonyl (C=O) groups is 1. The lowest BCUT2D eigenvalue weighted by atomic mass is 10.1. The van der Waals surface area contributed by atoms with E-state index < -0.39 is 0 Å². The summed E-state index contributed by atoms with van der Waals surface area (Å²) in [6, 6.07) is 0. The Hall–Kier alpha value is -0.570. The SMILES string of the molecule is COC(=O)CCCCCCCC1CO1. The summed E-state index contributed by atoms with van der Waals surface area (Å²) in [5.41, 5.74) is 0. The van der Waals surface area contributed by atoms with Crippen LogP contribution in [-0.2, 0) is 14.3 Å². The fourth-order valence-electron chi connectivity index (χ4n) is 1.51. The molecule has 1 rings (SSSR count). The fourth-order valence-corrected chi connectivity index (χ4v) is 1.51. The van der Waals surface area contributed by atoms with Crippen molar-refractivity contribution >= 4 is 5.97 Å². The zero-order valence-corrected chi connectivity index (χ0v) is 8.96. The molecular formula is C11H20O3. The number of rotatable bonds is 8. The second kappa shape index (κ2) is 6.82. The maximum atomic E-state index is 10.8. The number of methoxy groups -OCH3 is 1. The number of unbranched alkanes of at least 4 members (excludes halogenated alkanes) is 4. The van der Waals surface area contributed by atoms with Gasteiger partial charge >= 0.3 is 5.97 Å². The average Bonchev–Trinajstić information content (AvgIpc) is 2.99. The minimum absolute atomic E-state index is 0.0867. The number of hydrogen-bond acceptors (Lipinski definition) is 3. The molecule has 1 saturated heterocycles. The van der Waals surface area contributed by atoms with Gasteiger partial charge in [-0.2, -0.15) is 0 Å². The van der Waals surface area contributed by atoms with E-state index in [0.29, 0.717) is 12.5 Å². The maximum Gasteiger partial charge on any atom is 0.305 e. The van der Waals surface area contributed by atoms with Gasteiger partial charge in [-0.25, -0.2) is 0 Å². The number of hydrogen-bond donors (Lipinski definition) is 0. The van der Waals surface area contributed by atoms with Crippen molar-refractivity contribution in [3.05, 3.63) is 0 Å². The van der Waals surface area contributed by atoms with E-state index in [4.69, 9.17) is 4.74 Å². The fraction of sp³-hybridized carbons (Fsp3) is 0.909. The van der Waals surface area contributed by atoms with Crippen molar-refractivity contribution in [2.45, 2.75) is 51.0 Å². The minimum atomic E-state index is -0.0867. The highest BCUT2D eigenvalue weighted by Gasteiger charge is 2.20. The number of carbonyl (C=O) groups excluding carboxylic acids is 1. The first-order chi connectivity index (χ1) is 6.83. The van der Waals surface area contributed by atoms with Gasteiger partial charge < -0.3 is 9.47 Å². The van der Waals surface area contributed by atoms with Crippen LogP contribution in [0.2, 0.25) is 0 Å². The third kappa shape index (κ3) is 5.97. The summed E-state index contributed by atoms with van der Waals surface area (Å²) in [4.78, 5) is 10.8. The van der Waals surface area contributed by atoms with Crippen LogP contribution in [0.5, 0.6) is 0 Å². The summed E-state index contributed by atoms with van der Waals surface area (Å²) in [5, 5.41) is 0. The monoisotopic (exact) mass is 200 g/mol. The normalized spacial score (nSPS) is 19.4. The van der Waals surface area contributed by atoms with Gasteiger partial charge in [0.05, 0.1) is 19.8 Å². The van der Waals surface area contributed by atoms with Crippen molar-refractivity contribution in [2.24, 2.45) is 0 Å². The molecule has 0 aromatic heterocycles. The molecule has 1 aliphatic heterocycles.